The third-order valence-electron chi connectivity index (χ3n) is 3.89. The minimum Gasteiger partial charge on any atom is -0.351 e. The van der Waals surface area contributed by atoms with Gasteiger partial charge in [0.05, 0.1) is 12.1 Å². The van der Waals surface area contributed by atoms with Gasteiger partial charge < -0.3 is 15.5 Å². The van der Waals surface area contributed by atoms with Crippen molar-refractivity contribution in [2.45, 2.75) is 0 Å². The second kappa shape index (κ2) is 8.59. The third kappa shape index (κ3) is 5.01. The van der Waals surface area contributed by atoms with Gasteiger partial charge in [-0.05, 0) is 19.2 Å². The van der Waals surface area contributed by atoms with Crippen LogP contribution in [0.5, 0.6) is 0 Å². The van der Waals surface area contributed by atoms with Crippen LogP contribution in [0, 0.1) is 5.82 Å². The molecule has 0 unspecified atom stereocenters. The van der Waals surface area contributed by atoms with Crippen molar-refractivity contribution in [1.82, 2.24) is 20.4 Å². The number of rotatable bonds is 6. The average Bonchev–Trinajstić information content (AvgIpc) is 2.56. The van der Waals surface area contributed by atoms with Crippen molar-refractivity contribution in [3.63, 3.8) is 0 Å². The summed E-state index contributed by atoms with van der Waals surface area (Å²) in [5.74, 6) is -0.799. The maximum Gasteiger partial charge on any atom is 0.254 e. The molecule has 2 N–H and O–H groups in total. The van der Waals surface area contributed by atoms with E-state index in [9.17, 15) is 14.0 Å². The van der Waals surface area contributed by atoms with E-state index in [0.717, 1.165) is 13.1 Å². The number of nitrogens with one attached hydrogen (secondary N) is 2. The van der Waals surface area contributed by atoms with E-state index in [2.05, 4.69) is 15.5 Å². The Morgan fingerprint density at radius 1 is 1.17 bits per heavy atom. The minimum atomic E-state index is -0.512. The van der Waals surface area contributed by atoms with Gasteiger partial charge in [-0.3, -0.25) is 14.5 Å². The first-order chi connectivity index (χ1) is 11.1. The maximum atomic E-state index is 13.5. The Kier molecular flexibility index (Phi) is 6.49. The quantitative estimate of drug-likeness (QED) is 0.769. The second-order valence-corrected chi connectivity index (χ2v) is 5.49. The van der Waals surface area contributed by atoms with Crippen molar-refractivity contribution >= 4 is 11.8 Å². The topological polar surface area (TPSA) is 64.7 Å². The Bertz CT molecular complexity index is 545. The number of halogens is 1. The molecule has 0 aliphatic carbocycles. The molecule has 2 rings (SSSR count). The molecule has 2 amide bonds. The number of carbonyl (C=O) groups excluding carboxylic acids is 2. The number of nitrogens with zero attached hydrogens (tertiary/aromatic N) is 2. The molecule has 0 bridgehead atoms. The normalized spacial score (nSPS) is 15.5. The lowest BCUT2D eigenvalue weighted by Crippen LogP contribution is -2.51. The van der Waals surface area contributed by atoms with Gasteiger partial charge in [0.25, 0.3) is 5.91 Å². The molecule has 126 valence electrons. The molecule has 1 fully saturated rings. The lowest BCUT2D eigenvalue weighted by molar-refractivity contribution is -0.131. The van der Waals surface area contributed by atoms with Crippen LogP contribution in [0.4, 0.5) is 4.39 Å². The van der Waals surface area contributed by atoms with E-state index < -0.39 is 11.7 Å². The Balaban J connectivity index is 1.69. The van der Waals surface area contributed by atoms with E-state index in [0.29, 0.717) is 32.7 Å². The predicted molar refractivity (Wildman–Crippen MR) is 85.7 cm³/mol. The van der Waals surface area contributed by atoms with E-state index in [1.807, 2.05) is 4.90 Å². The number of benzene rings is 1. The molecule has 7 heteroatoms. The van der Waals surface area contributed by atoms with Crippen LogP contribution in [-0.4, -0.2) is 74.5 Å². The summed E-state index contributed by atoms with van der Waals surface area (Å²) in [6.45, 7) is 4.46. The fourth-order valence-electron chi connectivity index (χ4n) is 2.55. The van der Waals surface area contributed by atoms with Crippen molar-refractivity contribution in [3.8, 4) is 0 Å². The van der Waals surface area contributed by atoms with Crippen molar-refractivity contribution in [2.24, 2.45) is 0 Å². The lowest BCUT2D eigenvalue weighted by atomic mass is 10.2. The Morgan fingerprint density at radius 3 is 2.52 bits per heavy atom. The molecule has 1 saturated heterocycles. The lowest BCUT2D eigenvalue weighted by Gasteiger charge is -2.34. The summed E-state index contributed by atoms with van der Waals surface area (Å²) < 4.78 is 13.5. The number of hydrogen-bond donors (Lipinski definition) is 2. The molecule has 0 spiro atoms. The Hall–Kier alpha value is -1.99. The summed E-state index contributed by atoms with van der Waals surface area (Å²) in [7, 11) is 1.76. The molecule has 0 atom stereocenters. The predicted octanol–water partition coefficient (Wildman–Crippen LogP) is -0.0809. The van der Waals surface area contributed by atoms with E-state index in [4.69, 9.17) is 0 Å². The minimum absolute atomic E-state index is 0.0648. The zero-order chi connectivity index (χ0) is 16.7. The van der Waals surface area contributed by atoms with Crippen LogP contribution in [0.3, 0.4) is 0 Å². The van der Waals surface area contributed by atoms with Gasteiger partial charge in [0.15, 0.2) is 0 Å². The molecule has 23 heavy (non-hydrogen) atoms. The smallest absolute Gasteiger partial charge is 0.254 e. The van der Waals surface area contributed by atoms with Gasteiger partial charge in [-0.25, -0.2) is 4.39 Å². The van der Waals surface area contributed by atoms with Gasteiger partial charge in [-0.15, -0.1) is 0 Å². The van der Waals surface area contributed by atoms with Crippen LogP contribution < -0.4 is 10.6 Å². The summed E-state index contributed by atoms with van der Waals surface area (Å²) in [5, 5.41) is 5.59. The molecule has 6 nitrogen and oxygen atoms in total. The summed E-state index contributed by atoms with van der Waals surface area (Å²) in [5.41, 5.74) is 0.0648. The van der Waals surface area contributed by atoms with E-state index in [1.54, 1.807) is 19.2 Å². The van der Waals surface area contributed by atoms with Gasteiger partial charge in [-0.2, -0.15) is 0 Å². The largest absolute Gasteiger partial charge is 0.351 e. The Labute approximate surface area is 135 Å². The SMILES string of the molecule is CNCC(=O)N1CCN(CCNC(=O)c2ccccc2F)CC1. The molecule has 1 aromatic rings. The van der Waals surface area contributed by atoms with Crippen LogP contribution in [0.25, 0.3) is 0 Å². The molecule has 1 aliphatic heterocycles. The first-order valence-electron chi connectivity index (χ1n) is 7.79. The maximum absolute atomic E-state index is 13.5. The first kappa shape index (κ1) is 17.4. The third-order valence-corrected chi connectivity index (χ3v) is 3.89. The first-order valence-corrected chi connectivity index (χ1v) is 7.79. The number of likely N-dealkylation sites (N-methyl/N-ethyl adjacent to an activating group) is 1. The highest BCUT2D eigenvalue weighted by Crippen LogP contribution is 2.06. The monoisotopic (exact) mass is 322 g/mol. The zero-order valence-electron chi connectivity index (χ0n) is 13.3. The number of amides is 2. The van der Waals surface area contributed by atoms with Gasteiger partial charge in [0, 0.05) is 39.3 Å². The fraction of sp³-hybridized carbons (Fsp3) is 0.500. The summed E-state index contributed by atoms with van der Waals surface area (Å²) >= 11 is 0. The molecule has 0 saturated carbocycles. The molecular weight excluding hydrogens is 299 g/mol. The number of carbonyl (C=O) groups is 2. The summed E-state index contributed by atoms with van der Waals surface area (Å²) in [4.78, 5) is 27.7. The van der Waals surface area contributed by atoms with Crippen LogP contribution >= 0.6 is 0 Å². The fourth-order valence-corrected chi connectivity index (χ4v) is 2.55. The number of piperazine rings is 1. The van der Waals surface area contributed by atoms with Crippen molar-refractivity contribution < 1.29 is 14.0 Å². The highest BCUT2D eigenvalue weighted by molar-refractivity contribution is 5.94. The second-order valence-electron chi connectivity index (χ2n) is 5.49. The van der Waals surface area contributed by atoms with Crippen molar-refractivity contribution in [3.05, 3.63) is 35.6 Å². The van der Waals surface area contributed by atoms with Gasteiger partial charge in [-0.1, -0.05) is 12.1 Å². The van der Waals surface area contributed by atoms with Crippen LogP contribution in [0.1, 0.15) is 10.4 Å². The molecule has 1 aromatic carbocycles. The van der Waals surface area contributed by atoms with Crippen molar-refractivity contribution in [1.29, 1.82) is 0 Å². The average molecular weight is 322 g/mol. The standard InChI is InChI=1S/C16H23FN4O2/c1-18-12-15(22)21-10-8-20(9-11-21)7-6-19-16(23)13-4-2-3-5-14(13)17/h2-5,18H,6-12H2,1H3,(H,19,23). The van der Waals surface area contributed by atoms with E-state index in [1.165, 1.54) is 12.1 Å². The van der Waals surface area contributed by atoms with Gasteiger partial charge in [0.2, 0.25) is 5.91 Å². The molecule has 0 radical (unpaired) electrons. The molecule has 1 aliphatic rings. The molecule has 1 heterocycles. The van der Waals surface area contributed by atoms with Crippen molar-refractivity contribution in [2.75, 3.05) is 52.9 Å². The zero-order valence-corrected chi connectivity index (χ0v) is 13.3. The summed E-state index contributed by atoms with van der Waals surface area (Å²) in [6, 6.07) is 5.94. The van der Waals surface area contributed by atoms with E-state index >= 15 is 0 Å². The Morgan fingerprint density at radius 2 is 1.87 bits per heavy atom. The molecular formula is C16H23FN4O2. The van der Waals surface area contributed by atoms with Crippen LogP contribution in [0.2, 0.25) is 0 Å². The number of hydrogen-bond acceptors (Lipinski definition) is 4. The van der Waals surface area contributed by atoms with Crippen LogP contribution in [0.15, 0.2) is 24.3 Å². The van der Waals surface area contributed by atoms with Gasteiger partial charge in [0.1, 0.15) is 5.82 Å². The van der Waals surface area contributed by atoms with Crippen LogP contribution in [-0.2, 0) is 4.79 Å². The van der Waals surface area contributed by atoms with Gasteiger partial charge >= 0.3 is 0 Å². The highest BCUT2D eigenvalue weighted by atomic mass is 19.1. The van der Waals surface area contributed by atoms with E-state index in [-0.39, 0.29) is 11.5 Å². The highest BCUT2D eigenvalue weighted by Gasteiger charge is 2.20. The summed E-state index contributed by atoms with van der Waals surface area (Å²) in [6.07, 6.45) is 0. The molecule has 0 aromatic heterocycles.